The lowest BCUT2D eigenvalue weighted by Crippen LogP contribution is -2.42. The fourth-order valence-corrected chi connectivity index (χ4v) is 4.67. The standard InChI is InChI=1S/C14H23N/c1-11(2)14-7-12(3-4-12)9-15(14)10-13(8-14)5-6-13/h11H,3-10H2,1-2H3. The Morgan fingerprint density at radius 1 is 0.867 bits per heavy atom. The average Bonchev–Trinajstić information content (AvgIpc) is 2.97. The van der Waals surface area contributed by atoms with E-state index in [-0.39, 0.29) is 0 Å². The van der Waals surface area contributed by atoms with Gasteiger partial charge in [-0.3, -0.25) is 4.90 Å². The molecule has 4 aliphatic rings. The minimum Gasteiger partial charge on any atom is -0.296 e. The van der Waals surface area contributed by atoms with Gasteiger partial charge in [0.25, 0.3) is 0 Å². The average molecular weight is 205 g/mol. The summed E-state index contributed by atoms with van der Waals surface area (Å²) in [5, 5.41) is 0. The molecule has 84 valence electrons. The van der Waals surface area contributed by atoms with Crippen LogP contribution >= 0.6 is 0 Å². The Bertz CT molecular complexity index is 285. The van der Waals surface area contributed by atoms with Crippen molar-refractivity contribution in [3.05, 3.63) is 0 Å². The van der Waals surface area contributed by atoms with Crippen molar-refractivity contribution in [2.75, 3.05) is 13.1 Å². The number of rotatable bonds is 1. The lowest BCUT2D eigenvalue weighted by atomic mass is 9.77. The molecule has 4 rings (SSSR count). The van der Waals surface area contributed by atoms with Gasteiger partial charge in [-0.15, -0.1) is 0 Å². The highest BCUT2D eigenvalue weighted by molar-refractivity contribution is 5.21. The van der Waals surface area contributed by atoms with Crippen LogP contribution in [-0.2, 0) is 0 Å². The Morgan fingerprint density at radius 3 is 1.60 bits per heavy atom. The Balaban J connectivity index is 1.70. The van der Waals surface area contributed by atoms with E-state index in [0.717, 1.165) is 16.7 Å². The summed E-state index contributed by atoms with van der Waals surface area (Å²) in [6, 6.07) is 0. The highest BCUT2D eigenvalue weighted by atomic mass is 15.3. The van der Waals surface area contributed by atoms with Crippen LogP contribution in [0.1, 0.15) is 52.4 Å². The molecule has 2 spiro atoms. The topological polar surface area (TPSA) is 3.24 Å². The normalized spacial score (nSPS) is 37.8. The first-order valence-corrected chi connectivity index (χ1v) is 6.83. The summed E-state index contributed by atoms with van der Waals surface area (Å²) in [7, 11) is 0. The van der Waals surface area contributed by atoms with Crippen molar-refractivity contribution in [1.82, 2.24) is 4.90 Å². The molecule has 0 unspecified atom stereocenters. The van der Waals surface area contributed by atoms with Gasteiger partial charge in [0, 0.05) is 18.6 Å². The molecule has 2 saturated carbocycles. The van der Waals surface area contributed by atoms with Crippen LogP contribution in [0.3, 0.4) is 0 Å². The van der Waals surface area contributed by atoms with Crippen LogP contribution in [0.2, 0.25) is 0 Å². The maximum atomic E-state index is 2.91. The third-order valence-corrected chi connectivity index (χ3v) is 6.03. The van der Waals surface area contributed by atoms with Gasteiger partial charge >= 0.3 is 0 Å². The van der Waals surface area contributed by atoms with Gasteiger partial charge in [-0.05, 0) is 55.3 Å². The molecular formula is C14H23N. The van der Waals surface area contributed by atoms with E-state index in [4.69, 9.17) is 0 Å². The molecule has 0 aromatic rings. The Morgan fingerprint density at radius 2 is 1.33 bits per heavy atom. The maximum absolute atomic E-state index is 2.91. The van der Waals surface area contributed by atoms with Crippen LogP contribution in [0, 0.1) is 16.7 Å². The zero-order chi connectivity index (χ0) is 10.3. The molecule has 2 aliphatic heterocycles. The van der Waals surface area contributed by atoms with Crippen molar-refractivity contribution in [2.24, 2.45) is 16.7 Å². The van der Waals surface area contributed by atoms with E-state index in [2.05, 4.69) is 18.7 Å². The zero-order valence-corrected chi connectivity index (χ0v) is 10.2. The lowest BCUT2D eigenvalue weighted by Gasteiger charge is -2.36. The first-order valence-electron chi connectivity index (χ1n) is 6.83. The van der Waals surface area contributed by atoms with E-state index >= 15 is 0 Å². The quantitative estimate of drug-likeness (QED) is 0.636. The second-order valence-electron chi connectivity index (χ2n) is 7.47. The maximum Gasteiger partial charge on any atom is 0.0244 e. The number of hydrogen-bond acceptors (Lipinski definition) is 1. The van der Waals surface area contributed by atoms with Gasteiger partial charge in [-0.2, -0.15) is 0 Å². The first kappa shape index (κ1) is 9.04. The van der Waals surface area contributed by atoms with Gasteiger partial charge in [0.2, 0.25) is 0 Å². The van der Waals surface area contributed by atoms with Crippen molar-refractivity contribution in [3.63, 3.8) is 0 Å². The molecule has 4 fully saturated rings. The molecule has 1 nitrogen and oxygen atoms in total. The van der Waals surface area contributed by atoms with Gasteiger partial charge < -0.3 is 0 Å². The fourth-order valence-electron chi connectivity index (χ4n) is 4.67. The fraction of sp³-hybridized carbons (Fsp3) is 1.00. The van der Waals surface area contributed by atoms with Crippen LogP contribution in [0.15, 0.2) is 0 Å². The van der Waals surface area contributed by atoms with Gasteiger partial charge in [-0.1, -0.05) is 13.8 Å². The van der Waals surface area contributed by atoms with Crippen LogP contribution in [0.5, 0.6) is 0 Å². The third kappa shape index (κ3) is 1.03. The first-order chi connectivity index (χ1) is 7.08. The third-order valence-electron chi connectivity index (χ3n) is 6.03. The van der Waals surface area contributed by atoms with Crippen molar-refractivity contribution in [1.29, 1.82) is 0 Å². The molecule has 0 N–H and O–H groups in total. The van der Waals surface area contributed by atoms with Crippen LogP contribution in [-0.4, -0.2) is 23.5 Å². The Kier molecular flexibility index (Phi) is 1.38. The highest BCUT2D eigenvalue weighted by Gasteiger charge is 2.67. The number of nitrogens with zero attached hydrogens (tertiary/aromatic N) is 1. The largest absolute Gasteiger partial charge is 0.296 e. The summed E-state index contributed by atoms with van der Waals surface area (Å²) >= 11 is 0. The molecule has 0 aromatic heterocycles. The van der Waals surface area contributed by atoms with Gasteiger partial charge in [0.05, 0.1) is 0 Å². The second kappa shape index (κ2) is 2.30. The highest BCUT2D eigenvalue weighted by Crippen LogP contribution is 2.69. The molecule has 2 aliphatic carbocycles. The molecule has 2 heterocycles. The summed E-state index contributed by atoms with van der Waals surface area (Å²) in [6.45, 7) is 7.84. The number of fused-ring (bicyclic) bond motifs is 1. The number of hydrogen-bond donors (Lipinski definition) is 0. The minimum absolute atomic E-state index is 0.632. The van der Waals surface area contributed by atoms with Gasteiger partial charge in [0.15, 0.2) is 0 Å². The SMILES string of the molecule is CC(C)C12CC3(CC3)CN1CC1(CC1)C2. The van der Waals surface area contributed by atoms with E-state index in [1.165, 1.54) is 38.8 Å². The smallest absolute Gasteiger partial charge is 0.0244 e. The summed E-state index contributed by atoms with van der Waals surface area (Å²) in [6.07, 6.45) is 9.21. The van der Waals surface area contributed by atoms with Crippen LogP contribution in [0.25, 0.3) is 0 Å². The van der Waals surface area contributed by atoms with E-state index in [9.17, 15) is 0 Å². The van der Waals surface area contributed by atoms with E-state index in [1.807, 2.05) is 0 Å². The molecule has 1 heteroatoms. The van der Waals surface area contributed by atoms with Crippen molar-refractivity contribution >= 4 is 0 Å². The zero-order valence-electron chi connectivity index (χ0n) is 10.2. The predicted molar refractivity (Wildman–Crippen MR) is 61.7 cm³/mol. The summed E-state index contributed by atoms with van der Waals surface area (Å²) < 4.78 is 0. The summed E-state index contributed by atoms with van der Waals surface area (Å²) in [5.41, 5.74) is 2.24. The molecule has 0 amide bonds. The van der Waals surface area contributed by atoms with Crippen LogP contribution in [0.4, 0.5) is 0 Å². The van der Waals surface area contributed by atoms with Crippen molar-refractivity contribution < 1.29 is 0 Å². The lowest BCUT2D eigenvalue weighted by molar-refractivity contribution is 0.136. The van der Waals surface area contributed by atoms with Crippen LogP contribution < -0.4 is 0 Å². The van der Waals surface area contributed by atoms with E-state index < -0.39 is 0 Å². The van der Waals surface area contributed by atoms with E-state index in [0.29, 0.717) is 5.54 Å². The molecule has 0 bridgehead atoms. The second-order valence-corrected chi connectivity index (χ2v) is 7.47. The summed E-state index contributed by atoms with van der Waals surface area (Å²) in [4.78, 5) is 2.91. The van der Waals surface area contributed by atoms with Crippen molar-refractivity contribution in [3.8, 4) is 0 Å². The molecule has 0 radical (unpaired) electrons. The molecular weight excluding hydrogens is 182 g/mol. The Hall–Kier alpha value is -0.0400. The monoisotopic (exact) mass is 205 g/mol. The Labute approximate surface area is 93.2 Å². The molecule has 0 atom stereocenters. The minimum atomic E-state index is 0.632. The van der Waals surface area contributed by atoms with Gasteiger partial charge in [0.1, 0.15) is 0 Å². The molecule has 0 aromatic carbocycles. The van der Waals surface area contributed by atoms with Crippen molar-refractivity contribution in [2.45, 2.75) is 57.9 Å². The predicted octanol–water partition coefficient (Wildman–Crippen LogP) is 3.05. The summed E-state index contributed by atoms with van der Waals surface area (Å²) in [5.74, 6) is 0.873. The molecule has 15 heavy (non-hydrogen) atoms. The molecule has 2 saturated heterocycles. The van der Waals surface area contributed by atoms with Gasteiger partial charge in [-0.25, -0.2) is 0 Å². The van der Waals surface area contributed by atoms with E-state index in [1.54, 1.807) is 12.8 Å².